The minimum atomic E-state index is -0.307. The van der Waals surface area contributed by atoms with E-state index in [1.165, 1.54) is 31.4 Å². The van der Waals surface area contributed by atoms with Gasteiger partial charge in [-0.3, -0.25) is 4.57 Å². The number of likely N-dealkylation sites (tertiary alicyclic amines) is 1. The Labute approximate surface area is 110 Å². The van der Waals surface area contributed by atoms with E-state index >= 15 is 0 Å². The highest BCUT2D eigenvalue weighted by molar-refractivity contribution is 5.75. The fourth-order valence-electron chi connectivity index (χ4n) is 2.77. The van der Waals surface area contributed by atoms with E-state index in [1.807, 2.05) is 0 Å². The summed E-state index contributed by atoms with van der Waals surface area (Å²) in [6, 6.07) is 4.40. The quantitative estimate of drug-likeness (QED) is 0.919. The minimum absolute atomic E-state index is 0.155. The molecule has 0 amide bonds. The molecule has 1 aromatic carbocycles. The molecule has 0 unspecified atom stereocenters. The molecule has 0 atom stereocenters. The molecule has 1 aromatic heterocycles. The van der Waals surface area contributed by atoms with Crippen LogP contribution in [-0.4, -0.2) is 34.1 Å². The second-order valence-corrected chi connectivity index (χ2v) is 5.15. The summed E-state index contributed by atoms with van der Waals surface area (Å²) in [4.78, 5) is 17.0. The molecular weight excluding hydrogens is 245 g/mol. The van der Waals surface area contributed by atoms with Gasteiger partial charge in [0.15, 0.2) is 0 Å². The van der Waals surface area contributed by atoms with Crippen molar-refractivity contribution < 1.29 is 4.39 Å². The van der Waals surface area contributed by atoms with Gasteiger partial charge in [-0.15, -0.1) is 0 Å². The topological polar surface area (TPSA) is 41.0 Å². The summed E-state index contributed by atoms with van der Waals surface area (Å²) >= 11 is 0. The van der Waals surface area contributed by atoms with Gasteiger partial charge in [0, 0.05) is 13.1 Å². The van der Waals surface area contributed by atoms with Gasteiger partial charge in [0.05, 0.1) is 11.0 Å². The van der Waals surface area contributed by atoms with E-state index < -0.39 is 0 Å². The van der Waals surface area contributed by atoms with Gasteiger partial charge in [0.2, 0.25) is 0 Å². The van der Waals surface area contributed by atoms with Crippen LogP contribution < -0.4 is 5.69 Å². The van der Waals surface area contributed by atoms with Crippen LogP contribution >= 0.6 is 0 Å². The predicted octanol–water partition coefficient (Wildman–Crippen LogP) is 1.95. The summed E-state index contributed by atoms with van der Waals surface area (Å²) in [7, 11) is 0. The van der Waals surface area contributed by atoms with Gasteiger partial charge < -0.3 is 9.88 Å². The molecule has 5 heteroatoms. The highest BCUT2D eigenvalue weighted by Gasteiger charge is 2.12. The molecular formula is C14H18FN3O. The first-order valence-corrected chi connectivity index (χ1v) is 6.84. The Bertz CT molecular complexity index is 625. The second kappa shape index (κ2) is 5.17. The van der Waals surface area contributed by atoms with Crippen molar-refractivity contribution in [3.05, 3.63) is 34.5 Å². The first kappa shape index (κ1) is 12.4. The van der Waals surface area contributed by atoms with Crippen LogP contribution in [0.25, 0.3) is 11.0 Å². The molecule has 1 aliphatic heterocycles. The van der Waals surface area contributed by atoms with Crippen LogP contribution in [0.5, 0.6) is 0 Å². The number of nitrogens with one attached hydrogen (secondary N) is 1. The number of rotatable bonds is 3. The molecule has 1 fully saturated rings. The van der Waals surface area contributed by atoms with Gasteiger partial charge in [-0.1, -0.05) is 6.42 Å². The summed E-state index contributed by atoms with van der Waals surface area (Å²) < 4.78 is 14.9. The average molecular weight is 263 g/mol. The Kier molecular flexibility index (Phi) is 3.38. The Morgan fingerprint density at radius 1 is 1.16 bits per heavy atom. The number of piperidine rings is 1. The lowest BCUT2D eigenvalue weighted by atomic mass is 10.1. The molecule has 102 valence electrons. The molecule has 1 N–H and O–H groups in total. The molecule has 0 aliphatic carbocycles. The third-order valence-corrected chi connectivity index (χ3v) is 3.83. The van der Waals surface area contributed by atoms with E-state index in [-0.39, 0.29) is 11.5 Å². The van der Waals surface area contributed by atoms with Gasteiger partial charge in [-0.05, 0) is 44.1 Å². The molecule has 19 heavy (non-hydrogen) atoms. The van der Waals surface area contributed by atoms with E-state index in [9.17, 15) is 9.18 Å². The fourth-order valence-corrected chi connectivity index (χ4v) is 2.77. The largest absolute Gasteiger partial charge is 0.326 e. The Morgan fingerprint density at radius 2 is 1.95 bits per heavy atom. The molecule has 3 rings (SSSR count). The minimum Gasteiger partial charge on any atom is -0.306 e. The van der Waals surface area contributed by atoms with Crippen molar-refractivity contribution in [3.63, 3.8) is 0 Å². The van der Waals surface area contributed by atoms with E-state index in [4.69, 9.17) is 0 Å². The zero-order valence-corrected chi connectivity index (χ0v) is 10.9. The summed E-state index contributed by atoms with van der Waals surface area (Å²) in [5.74, 6) is -0.307. The van der Waals surface area contributed by atoms with Crippen LogP contribution in [0.2, 0.25) is 0 Å². The third-order valence-electron chi connectivity index (χ3n) is 3.83. The zero-order chi connectivity index (χ0) is 13.2. The summed E-state index contributed by atoms with van der Waals surface area (Å²) in [6.45, 7) is 3.67. The smallest absolute Gasteiger partial charge is 0.306 e. The molecule has 2 aromatic rings. The van der Waals surface area contributed by atoms with Crippen LogP contribution in [0.15, 0.2) is 23.0 Å². The summed E-state index contributed by atoms with van der Waals surface area (Å²) in [5, 5.41) is 0. The number of nitrogens with zero attached hydrogens (tertiary/aromatic N) is 2. The van der Waals surface area contributed by atoms with Crippen LogP contribution in [-0.2, 0) is 6.54 Å². The summed E-state index contributed by atoms with van der Waals surface area (Å²) in [5.41, 5.74) is 1.20. The van der Waals surface area contributed by atoms with Crippen LogP contribution in [0.4, 0.5) is 4.39 Å². The standard InChI is InChI=1S/C14H18FN3O/c15-11-4-5-12-13(10-11)18(14(19)16-12)9-8-17-6-2-1-3-7-17/h4-5,10H,1-3,6-9H2,(H,16,19). The molecule has 4 nitrogen and oxygen atoms in total. The van der Waals surface area contributed by atoms with Crippen molar-refractivity contribution in [3.8, 4) is 0 Å². The van der Waals surface area contributed by atoms with Gasteiger partial charge in [-0.2, -0.15) is 0 Å². The van der Waals surface area contributed by atoms with E-state index in [2.05, 4.69) is 9.88 Å². The zero-order valence-electron chi connectivity index (χ0n) is 10.9. The van der Waals surface area contributed by atoms with Gasteiger partial charge in [0.25, 0.3) is 0 Å². The number of aromatic amines is 1. The lowest BCUT2D eigenvalue weighted by Gasteiger charge is -2.26. The van der Waals surface area contributed by atoms with Gasteiger partial charge in [0.1, 0.15) is 5.82 Å². The lowest BCUT2D eigenvalue weighted by Crippen LogP contribution is -2.34. The highest BCUT2D eigenvalue weighted by atomic mass is 19.1. The normalized spacial score (nSPS) is 17.1. The lowest BCUT2D eigenvalue weighted by molar-refractivity contribution is 0.221. The van der Waals surface area contributed by atoms with Crippen LogP contribution in [0, 0.1) is 5.82 Å². The highest BCUT2D eigenvalue weighted by Crippen LogP contribution is 2.13. The number of fused-ring (bicyclic) bond motifs is 1. The predicted molar refractivity (Wildman–Crippen MR) is 72.8 cm³/mol. The van der Waals surface area contributed by atoms with Crippen molar-refractivity contribution in [2.24, 2.45) is 0 Å². The van der Waals surface area contributed by atoms with E-state index in [0.717, 1.165) is 19.6 Å². The maximum Gasteiger partial charge on any atom is 0.326 e. The number of aromatic nitrogens is 2. The first-order chi connectivity index (χ1) is 9.24. The number of benzene rings is 1. The molecule has 2 heterocycles. The van der Waals surface area contributed by atoms with Crippen LogP contribution in [0.1, 0.15) is 19.3 Å². The van der Waals surface area contributed by atoms with Crippen molar-refractivity contribution in [2.45, 2.75) is 25.8 Å². The Morgan fingerprint density at radius 3 is 2.74 bits per heavy atom. The van der Waals surface area contributed by atoms with Crippen molar-refractivity contribution >= 4 is 11.0 Å². The SMILES string of the molecule is O=c1[nH]c2ccc(F)cc2n1CCN1CCCCC1. The first-order valence-electron chi connectivity index (χ1n) is 6.84. The molecule has 1 aliphatic rings. The maximum absolute atomic E-state index is 13.3. The van der Waals surface area contributed by atoms with Crippen molar-refractivity contribution in [2.75, 3.05) is 19.6 Å². The fraction of sp³-hybridized carbons (Fsp3) is 0.500. The third kappa shape index (κ3) is 2.56. The van der Waals surface area contributed by atoms with E-state index in [0.29, 0.717) is 17.6 Å². The maximum atomic E-state index is 13.3. The number of halogens is 1. The molecule has 0 bridgehead atoms. The monoisotopic (exact) mass is 263 g/mol. The number of H-pyrrole nitrogens is 1. The van der Waals surface area contributed by atoms with Gasteiger partial charge in [-0.25, -0.2) is 9.18 Å². The van der Waals surface area contributed by atoms with Crippen molar-refractivity contribution in [1.82, 2.24) is 14.5 Å². The van der Waals surface area contributed by atoms with Gasteiger partial charge >= 0.3 is 5.69 Å². The van der Waals surface area contributed by atoms with Crippen molar-refractivity contribution in [1.29, 1.82) is 0 Å². The van der Waals surface area contributed by atoms with Crippen LogP contribution in [0.3, 0.4) is 0 Å². The Hall–Kier alpha value is -1.62. The number of hydrogen-bond donors (Lipinski definition) is 1. The molecule has 0 saturated carbocycles. The number of hydrogen-bond acceptors (Lipinski definition) is 2. The molecule has 0 spiro atoms. The number of imidazole rings is 1. The Balaban J connectivity index is 1.81. The average Bonchev–Trinajstić information content (AvgIpc) is 2.73. The second-order valence-electron chi connectivity index (χ2n) is 5.15. The molecule has 1 saturated heterocycles. The van der Waals surface area contributed by atoms with E-state index in [1.54, 1.807) is 10.6 Å². The summed E-state index contributed by atoms with van der Waals surface area (Å²) in [6.07, 6.45) is 3.77. The molecule has 0 radical (unpaired) electrons.